The van der Waals surface area contributed by atoms with Crippen LogP contribution in [0.4, 0.5) is 5.69 Å². The van der Waals surface area contributed by atoms with Crippen molar-refractivity contribution in [1.29, 1.82) is 0 Å². The summed E-state index contributed by atoms with van der Waals surface area (Å²) < 4.78 is 0. The SMILES string of the molecule is CC(=O)ON=C(C(=O)c1ccc(Sc2ccc(C(=O)c3ccccc3C)cc2)cc1)c1cc([N+](=O)[O-])ccc1C. The molecule has 0 heterocycles. The molecule has 0 unspecified atom stereocenters. The van der Waals surface area contributed by atoms with Gasteiger partial charge in [-0.25, -0.2) is 4.79 Å². The molecule has 9 heteroatoms. The van der Waals surface area contributed by atoms with Gasteiger partial charge in [0.05, 0.1) is 4.92 Å². The van der Waals surface area contributed by atoms with Crippen LogP contribution in [0.25, 0.3) is 0 Å². The summed E-state index contributed by atoms with van der Waals surface area (Å²) in [6.45, 7) is 4.72. The molecule has 8 nitrogen and oxygen atoms in total. The number of rotatable bonds is 9. The number of nitro groups is 1. The first-order chi connectivity index (χ1) is 19.1. The Labute approximate surface area is 234 Å². The van der Waals surface area contributed by atoms with Crippen molar-refractivity contribution in [3.63, 3.8) is 0 Å². The summed E-state index contributed by atoms with van der Waals surface area (Å²) in [7, 11) is 0. The molecule has 0 bridgehead atoms. The summed E-state index contributed by atoms with van der Waals surface area (Å²) in [4.78, 5) is 54.8. The number of ketones is 2. The summed E-state index contributed by atoms with van der Waals surface area (Å²) >= 11 is 1.46. The fourth-order valence-corrected chi connectivity index (χ4v) is 4.72. The Morgan fingerprint density at radius 3 is 1.93 bits per heavy atom. The van der Waals surface area contributed by atoms with Gasteiger partial charge in [-0.15, -0.1) is 0 Å². The molecule has 200 valence electrons. The van der Waals surface area contributed by atoms with Gasteiger partial charge in [0, 0.05) is 51.1 Å². The summed E-state index contributed by atoms with van der Waals surface area (Å²) in [6.07, 6.45) is 0. The van der Waals surface area contributed by atoms with Gasteiger partial charge in [0.2, 0.25) is 5.78 Å². The number of Topliss-reactive ketones (excluding diaryl/α,β-unsaturated/α-hetero) is 1. The molecule has 0 spiro atoms. The van der Waals surface area contributed by atoms with Crippen LogP contribution in [-0.2, 0) is 9.63 Å². The van der Waals surface area contributed by atoms with Crippen LogP contribution in [0.3, 0.4) is 0 Å². The van der Waals surface area contributed by atoms with Crippen molar-refractivity contribution in [2.75, 3.05) is 0 Å². The van der Waals surface area contributed by atoms with Gasteiger partial charge < -0.3 is 4.84 Å². The normalized spacial score (nSPS) is 11.1. The van der Waals surface area contributed by atoms with E-state index in [9.17, 15) is 24.5 Å². The van der Waals surface area contributed by atoms with E-state index in [1.54, 1.807) is 43.3 Å². The van der Waals surface area contributed by atoms with E-state index in [2.05, 4.69) is 5.16 Å². The first-order valence-corrected chi connectivity index (χ1v) is 13.0. The van der Waals surface area contributed by atoms with Crippen LogP contribution in [0, 0.1) is 24.0 Å². The quantitative estimate of drug-likeness (QED) is 0.0742. The number of benzene rings is 4. The molecular formula is C31H24N2O6S. The summed E-state index contributed by atoms with van der Waals surface area (Å²) in [6, 6.07) is 25.5. The van der Waals surface area contributed by atoms with E-state index in [-0.39, 0.29) is 28.3 Å². The second kappa shape index (κ2) is 12.3. The predicted molar refractivity (Wildman–Crippen MR) is 152 cm³/mol. The molecule has 0 aromatic heterocycles. The molecule has 0 aliphatic heterocycles. The van der Waals surface area contributed by atoms with E-state index < -0.39 is 16.7 Å². The zero-order valence-electron chi connectivity index (χ0n) is 21.9. The van der Waals surface area contributed by atoms with Gasteiger partial charge in [-0.3, -0.25) is 19.7 Å². The highest BCUT2D eigenvalue weighted by atomic mass is 32.2. The predicted octanol–water partition coefficient (Wildman–Crippen LogP) is 6.74. The maximum absolute atomic E-state index is 13.4. The smallest absolute Gasteiger partial charge is 0.318 e. The van der Waals surface area contributed by atoms with E-state index in [0.29, 0.717) is 16.7 Å². The molecule has 0 saturated carbocycles. The maximum Gasteiger partial charge on any atom is 0.332 e. The maximum atomic E-state index is 13.4. The van der Waals surface area contributed by atoms with Gasteiger partial charge >= 0.3 is 5.97 Å². The fraction of sp³-hybridized carbons (Fsp3) is 0.0968. The van der Waals surface area contributed by atoms with Gasteiger partial charge in [-0.05, 0) is 73.5 Å². The van der Waals surface area contributed by atoms with E-state index in [1.165, 1.54) is 30.0 Å². The number of hydrogen-bond donors (Lipinski definition) is 0. The zero-order valence-corrected chi connectivity index (χ0v) is 22.7. The van der Waals surface area contributed by atoms with Crippen LogP contribution in [0.15, 0.2) is 106 Å². The van der Waals surface area contributed by atoms with Crippen molar-refractivity contribution in [2.24, 2.45) is 5.16 Å². The Hall–Kier alpha value is -4.89. The largest absolute Gasteiger partial charge is 0.332 e. The fourth-order valence-electron chi connectivity index (χ4n) is 3.91. The molecule has 0 aliphatic rings. The minimum atomic E-state index is -0.730. The second-order valence-electron chi connectivity index (χ2n) is 8.90. The molecule has 0 N–H and O–H groups in total. The molecule has 4 aromatic rings. The topological polar surface area (TPSA) is 116 Å². The first-order valence-electron chi connectivity index (χ1n) is 12.2. The van der Waals surface area contributed by atoms with Crippen LogP contribution in [-0.4, -0.2) is 28.2 Å². The Kier molecular flexibility index (Phi) is 8.66. The molecule has 0 saturated heterocycles. The van der Waals surface area contributed by atoms with Gasteiger partial charge in [0.15, 0.2) is 11.5 Å². The standard InChI is InChI=1S/C31H24N2O6S/c1-19-6-4-5-7-27(19)30(35)22-9-14-25(15-10-22)40-26-16-11-23(12-17-26)31(36)29(32-39-21(3)34)28-18-24(33(37)38)13-8-20(28)2/h4-18H,1-3H3. The minimum Gasteiger partial charge on any atom is -0.318 e. The van der Waals surface area contributed by atoms with Crippen molar-refractivity contribution >= 4 is 40.7 Å². The third-order valence-electron chi connectivity index (χ3n) is 6.03. The van der Waals surface area contributed by atoms with Crippen molar-refractivity contribution in [3.8, 4) is 0 Å². The highest BCUT2D eigenvalue weighted by Crippen LogP contribution is 2.29. The average Bonchev–Trinajstić information content (AvgIpc) is 2.94. The second-order valence-corrected chi connectivity index (χ2v) is 10.1. The number of hydrogen-bond acceptors (Lipinski definition) is 8. The van der Waals surface area contributed by atoms with E-state index >= 15 is 0 Å². The number of oxime groups is 1. The number of non-ortho nitro benzene ring substituents is 1. The average molecular weight is 553 g/mol. The van der Waals surface area contributed by atoms with Crippen molar-refractivity contribution < 1.29 is 24.1 Å². The Morgan fingerprint density at radius 2 is 1.35 bits per heavy atom. The van der Waals surface area contributed by atoms with Gasteiger partial charge in [0.1, 0.15) is 0 Å². The van der Waals surface area contributed by atoms with E-state index in [1.807, 2.05) is 43.3 Å². The Morgan fingerprint density at radius 1 is 0.775 bits per heavy atom. The minimum absolute atomic E-state index is 0.0391. The van der Waals surface area contributed by atoms with Crippen LogP contribution in [0.2, 0.25) is 0 Å². The molecule has 0 amide bonds. The Balaban J connectivity index is 1.53. The number of carbonyl (C=O) groups is 3. The van der Waals surface area contributed by atoms with Crippen LogP contribution in [0.1, 0.15) is 49.9 Å². The highest BCUT2D eigenvalue weighted by Gasteiger charge is 2.22. The third-order valence-corrected chi connectivity index (χ3v) is 7.04. The van der Waals surface area contributed by atoms with E-state index in [4.69, 9.17) is 4.84 Å². The number of carbonyl (C=O) groups excluding carboxylic acids is 3. The van der Waals surface area contributed by atoms with Crippen molar-refractivity contribution in [1.82, 2.24) is 0 Å². The van der Waals surface area contributed by atoms with Crippen LogP contribution < -0.4 is 0 Å². The number of nitrogens with zero attached hydrogens (tertiary/aromatic N) is 2. The lowest BCUT2D eigenvalue weighted by molar-refractivity contribution is -0.384. The molecule has 0 radical (unpaired) electrons. The Bertz CT molecular complexity index is 1640. The molecular weight excluding hydrogens is 528 g/mol. The number of nitro benzene ring substituents is 1. The van der Waals surface area contributed by atoms with Crippen molar-refractivity contribution in [2.45, 2.75) is 30.6 Å². The molecule has 0 aliphatic carbocycles. The molecule has 4 aromatic carbocycles. The molecule has 40 heavy (non-hydrogen) atoms. The first kappa shape index (κ1) is 28.1. The lowest BCUT2D eigenvalue weighted by Crippen LogP contribution is -2.18. The number of aryl methyl sites for hydroxylation is 2. The van der Waals surface area contributed by atoms with Crippen molar-refractivity contribution in [3.05, 3.63) is 134 Å². The molecule has 4 rings (SSSR count). The van der Waals surface area contributed by atoms with Crippen LogP contribution in [0.5, 0.6) is 0 Å². The lowest BCUT2D eigenvalue weighted by Gasteiger charge is -2.09. The van der Waals surface area contributed by atoms with Crippen LogP contribution >= 0.6 is 11.8 Å². The van der Waals surface area contributed by atoms with Gasteiger partial charge in [-0.2, -0.15) is 0 Å². The summed E-state index contributed by atoms with van der Waals surface area (Å²) in [5.74, 6) is -1.32. The summed E-state index contributed by atoms with van der Waals surface area (Å²) in [5, 5.41) is 15.0. The third kappa shape index (κ3) is 6.57. The summed E-state index contributed by atoms with van der Waals surface area (Å²) in [5.41, 5.74) is 2.76. The zero-order chi connectivity index (χ0) is 28.8. The monoisotopic (exact) mass is 552 g/mol. The highest BCUT2D eigenvalue weighted by molar-refractivity contribution is 7.99. The molecule has 0 fully saturated rings. The van der Waals surface area contributed by atoms with Gasteiger partial charge in [0.25, 0.3) is 5.69 Å². The molecule has 0 atom stereocenters. The van der Waals surface area contributed by atoms with Gasteiger partial charge in [-0.1, -0.05) is 47.2 Å². The lowest BCUT2D eigenvalue weighted by atomic mass is 9.97. The van der Waals surface area contributed by atoms with E-state index in [0.717, 1.165) is 22.3 Å².